The third-order valence-electron chi connectivity index (χ3n) is 2.89. The van der Waals surface area contributed by atoms with E-state index in [1.807, 2.05) is 41.8 Å². The molecule has 6 heteroatoms. The van der Waals surface area contributed by atoms with E-state index in [9.17, 15) is 5.11 Å². The Balaban J connectivity index is 1.73. The molecule has 0 aliphatic carbocycles. The second-order valence-corrected chi connectivity index (χ2v) is 6.15. The first-order valence-corrected chi connectivity index (χ1v) is 7.97. The molecule has 3 aromatic rings. The summed E-state index contributed by atoms with van der Waals surface area (Å²) in [5.74, 6) is 0.994. The van der Waals surface area contributed by atoms with Crippen molar-refractivity contribution in [2.24, 2.45) is 0 Å². The van der Waals surface area contributed by atoms with Crippen LogP contribution in [0, 0.1) is 0 Å². The van der Waals surface area contributed by atoms with E-state index in [1.54, 1.807) is 0 Å². The Hall–Kier alpha value is -1.63. The summed E-state index contributed by atoms with van der Waals surface area (Å²) in [5, 5.41) is 13.6. The average Bonchev–Trinajstić information content (AvgIpc) is 2.94. The van der Waals surface area contributed by atoms with Crippen LogP contribution in [0.15, 0.2) is 46.9 Å². The summed E-state index contributed by atoms with van der Waals surface area (Å²) in [6.45, 7) is 0. The minimum Gasteiger partial charge on any atom is -0.388 e. The summed E-state index contributed by atoms with van der Waals surface area (Å²) in [4.78, 5) is 9.59. The fraction of sp³-hybridized carbons (Fsp3) is 0.143. The van der Waals surface area contributed by atoms with E-state index in [0.717, 1.165) is 15.8 Å². The molecule has 20 heavy (non-hydrogen) atoms. The molecule has 3 N–H and O–H groups in total. The standard InChI is InChI=1S/C14H13N3OS2/c15-12-10-6-7-19-13(10)17-14(16-12)20-8-11(18)9-4-2-1-3-5-9/h1-7,11,18H,8H2,(H2,15,16,17). The van der Waals surface area contributed by atoms with Crippen LogP contribution in [0.2, 0.25) is 0 Å². The largest absolute Gasteiger partial charge is 0.388 e. The second kappa shape index (κ2) is 5.78. The molecule has 0 saturated heterocycles. The van der Waals surface area contributed by atoms with Crippen LogP contribution in [0.25, 0.3) is 10.2 Å². The Kier molecular flexibility index (Phi) is 3.86. The number of benzene rings is 1. The molecule has 0 aliphatic heterocycles. The lowest BCUT2D eigenvalue weighted by Crippen LogP contribution is -2.02. The molecule has 102 valence electrons. The molecule has 0 fully saturated rings. The van der Waals surface area contributed by atoms with Gasteiger partial charge < -0.3 is 10.8 Å². The lowest BCUT2D eigenvalue weighted by molar-refractivity contribution is 0.204. The number of hydrogen-bond donors (Lipinski definition) is 2. The number of rotatable bonds is 4. The monoisotopic (exact) mass is 303 g/mol. The fourth-order valence-corrected chi connectivity index (χ4v) is 3.50. The maximum atomic E-state index is 10.1. The molecular formula is C14H13N3OS2. The number of nitrogen functional groups attached to an aromatic ring is 1. The number of thiophene rings is 1. The van der Waals surface area contributed by atoms with Crippen molar-refractivity contribution in [1.82, 2.24) is 9.97 Å². The number of aromatic nitrogens is 2. The predicted molar refractivity (Wildman–Crippen MR) is 84.0 cm³/mol. The Morgan fingerprint density at radius 3 is 2.80 bits per heavy atom. The van der Waals surface area contributed by atoms with Gasteiger partial charge in [-0.05, 0) is 17.0 Å². The molecule has 0 saturated carbocycles. The highest BCUT2D eigenvalue weighted by molar-refractivity contribution is 7.99. The lowest BCUT2D eigenvalue weighted by Gasteiger charge is -2.09. The molecule has 0 amide bonds. The zero-order chi connectivity index (χ0) is 13.9. The molecule has 1 atom stereocenters. The summed E-state index contributed by atoms with van der Waals surface area (Å²) in [5.41, 5.74) is 6.79. The van der Waals surface area contributed by atoms with E-state index in [-0.39, 0.29) is 0 Å². The molecule has 0 radical (unpaired) electrons. The van der Waals surface area contributed by atoms with E-state index in [4.69, 9.17) is 5.73 Å². The topological polar surface area (TPSA) is 72.0 Å². The molecule has 3 rings (SSSR count). The van der Waals surface area contributed by atoms with Gasteiger partial charge in [0, 0.05) is 5.75 Å². The van der Waals surface area contributed by atoms with E-state index in [0.29, 0.717) is 16.7 Å². The van der Waals surface area contributed by atoms with Crippen molar-refractivity contribution < 1.29 is 5.11 Å². The quantitative estimate of drug-likeness (QED) is 0.572. The Morgan fingerprint density at radius 2 is 2.00 bits per heavy atom. The van der Waals surface area contributed by atoms with Crippen LogP contribution >= 0.6 is 23.1 Å². The number of aliphatic hydroxyl groups excluding tert-OH is 1. The molecule has 1 unspecified atom stereocenters. The van der Waals surface area contributed by atoms with E-state index < -0.39 is 6.10 Å². The molecule has 1 aromatic carbocycles. The zero-order valence-electron chi connectivity index (χ0n) is 10.6. The van der Waals surface area contributed by atoms with E-state index in [1.165, 1.54) is 23.1 Å². The maximum absolute atomic E-state index is 10.1. The Labute approximate surface area is 124 Å². The molecule has 4 nitrogen and oxygen atoms in total. The number of anilines is 1. The van der Waals surface area contributed by atoms with Crippen molar-refractivity contribution in [3.05, 3.63) is 47.3 Å². The molecule has 0 bridgehead atoms. The molecule has 0 spiro atoms. The van der Waals surface area contributed by atoms with Crippen molar-refractivity contribution in [3.8, 4) is 0 Å². The van der Waals surface area contributed by atoms with Crippen LogP contribution in [0.4, 0.5) is 5.82 Å². The smallest absolute Gasteiger partial charge is 0.190 e. The summed E-state index contributed by atoms with van der Waals surface area (Å²) in [6, 6.07) is 11.5. The van der Waals surface area contributed by atoms with Crippen LogP contribution in [0.3, 0.4) is 0 Å². The van der Waals surface area contributed by atoms with Gasteiger partial charge in [0.1, 0.15) is 10.6 Å². The lowest BCUT2D eigenvalue weighted by atomic mass is 10.1. The number of hydrogen-bond acceptors (Lipinski definition) is 6. The minimum atomic E-state index is -0.537. The SMILES string of the molecule is Nc1nc(SCC(O)c2ccccc2)nc2sccc12. The first-order valence-electron chi connectivity index (χ1n) is 6.10. The van der Waals surface area contributed by atoms with Gasteiger partial charge in [-0.15, -0.1) is 11.3 Å². The van der Waals surface area contributed by atoms with Crippen LogP contribution < -0.4 is 5.73 Å². The van der Waals surface area contributed by atoms with Crippen LogP contribution in [0.1, 0.15) is 11.7 Å². The van der Waals surface area contributed by atoms with E-state index >= 15 is 0 Å². The van der Waals surface area contributed by atoms with Gasteiger partial charge in [0.05, 0.1) is 11.5 Å². The van der Waals surface area contributed by atoms with Crippen LogP contribution in [0.5, 0.6) is 0 Å². The highest BCUT2D eigenvalue weighted by Crippen LogP contribution is 2.28. The van der Waals surface area contributed by atoms with Gasteiger partial charge in [0.25, 0.3) is 0 Å². The first kappa shape index (κ1) is 13.4. The Bertz CT molecular complexity index is 715. The summed E-state index contributed by atoms with van der Waals surface area (Å²) >= 11 is 2.95. The van der Waals surface area contributed by atoms with Crippen LogP contribution in [-0.2, 0) is 0 Å². The number of nitrogens with zero attached hydrogens (tertiary/aromatic N) is 2. The summed E-state index contributed by atoms with van der Waals surface area (Å²) in [7, 11) is 0. The highest BCUT2D eigenvalue weighted by Gasteiger charge is 2.11. The third kappa shape index (κ3) is 2.77. The molecule has 2 heterocycles. The Morgan fingerprint density at radius 1 is 1.20 bits per heavy atom. The van der Waals surface area contributed by atoms with Gasteiger partial charge in [-0.2, -0.15) is 0 Å². The predicted octanol–water partition coefficient (Wildman–Crippen LogP) is 3.10. The third-order valence-corrected chi connectivity index (χ3v) is 4.62. The normalized spacial score (nSPS) is 12.7. The van der Waals surface area contributed by atoms with E-state index in [2.05, 4.69) is 9.97 Å². The van der Waals surface area contributed by atoms with Gasteiger partial charge >= 0.3 is 0 Å². The molecule has 0 aliphatic rings. The number of fused-ring (bicyclic) bond motifs is 1. The van der Waals surface area contributed by atoms with Crippen molar-refractivity contribution >= 4 is 39.1 Å². The maximum Gasteiger partial charge on any atom is 0.190 e. The summed E-state index contributed by atoms with van der Waals surface area (Å²) in [6.07, 6.45) is -0.537. The zero-order valence-corrected chi connectivity index (χ0v) is 12.2. The minimum absolute atomic E-state index is 0.493. The highest BCUT2D eigenvalue weighted by atomic mass is 32.2. The van der Waals surface area contributed by atoms with Crippen molar-refractivity contribution in [1.29, 1.82) is 0 Å². The number of thioether (sulfide) groups is 1. The van der Waals surface area contributed by atoms with Crippen molar-refractivity contribution in [2.45, 2.75) is 11.3 Å². The van der Waals surface area contributed by atoms with Gasteiger partial charge in [-0.3, -0.25) is 0 Å². The van der Waals surface area contributed by atoms with Gasteiger partial charge in [-0.1, -0.05) is 42.1 Å². The van der Waals surface area contributed by atoms with Gasteiger partial charge in [0.15, 0.2) is 5.16 Å². The first-order chi connectivity index (χ1) is 9.74. The fourth-order valence-electron chi connectivity index (χ4n) is 1.85. The molecule has 2 aromatic heterocycles. The van der Waals surface area contributed by atoms with Crippen LogP contribution in [-0.4, -0.2) is 20.8 Å². The van der Waals surface area contributed by atoms with Crippen molar-refractivity contribution in [2.75, 3.05) is 11.5 Å². The number of nitrogens with two attached hydrogens (primary N) is 1. The van der Waals surface area contributed by atoms with Gasteiger partial charge in [0.2, 0.25) is 0 Å². The van der Waals surface area contributed by atoms with Gasteiger partial charge in [-0.25, -0.2) is 9.97 Å². The molecular weight excluding hydrogens is 290 g/mol. The van der Waals surface area contributed by atoms with Crippen molar-refractivity contribution in [3.63, 3.8) is 0 Å². The summed E-state index contributed by atoms with van der Waals surface area (Å²) < 4.78 is 0. The number of aliphatic hydroxyl groups is 1. The second-order valence-electron chi connectivity index (χ2n) is 4.27. The average molecular weight is 303 g/mol.